The Kier molecular flexibility index (Phi) is 7.11. The van der Waals surface area contributed by atoms with Crippen LogP contribution >= 0.6 is 27.7 Å². The minimum absolute atomic E-state index is 0.0856. The van der Waals surface area contributed by atoms with Gasteiger partial charge in [0.25, 0.3) is 5.91 Å². The first-order valence-corrected chi connectivity index (χ1v) is 12.8. The van der Waals surface area contributed by atoms with Crippen molar-refractivity contribution in [2.75, 3.05) is 5.75 Å². The molecule has 1 aromatic heterocycles. The smallest absolute Gasteiger partial charge is 0.250 e. The summed E-state index contributed by atoms with van der Waals surface area (Å²) in [5, 5.41) is 25.5. The van der Waals surface area contributed by atoms with Crippen molar-refractivity contribution in [1.82, 2.24) is 20.2 Å². The Morgan fingerprint density at radius 3 is 2.53 bits per heavy atom. The second-order valence-corrected chi connectivity index (χ2v) is 9.64. The number of benzene rings is 4. The molecular formula is C27H20BrN5O2S. The number of thioether (sulfide) groups is 1. The summed E-state index contributed by atoms with van der Waals surface area (Å²) in [7, 11) is 0. The van der Waals surface area contributed by atoms with Gasteiger partial charge in [0.2, 0.25) is 0 Å². The molecule has 2 N–H and O–H groups in total. The quantitative estimate of drug-likeness (QED) is 0.150. The number of carbonyl (C=O) groups is 1. The Morgan fingerprint density at radius 1 is 0.972 bits per heavy atom. The Hall–Kier alpha value is -3.95. The fourth-order valence-electron chi connectivity index (χ4n) is 3.71. The van der Waals surface area contributed by atoms with E-state index in [9.17, 15) is 9.90 Å². The van der Waals surface area contributed by atoms with Crippen LogP contribution in [0.4, 0.5) is 0 Å². The van der Waals surface area contributed by atoms with E-state index in [1.54, 1.807) is 6.07 Å². The van der Waals surface area contributed by atoms with Crippen LogP contribution in [0.15, 0.2) is 106 Å². The maximum atomic E-state index is 12.6. The molecule has 0 saturated carbocycles. The first-order valence-electron chi connectivity index (χ1n) is 11.0. The molecule has 0 aliphatic rings. The van der Waals surface area contributed by atoms with E-state index < -0.39 is 0 Å². The first kappa shape index (κ1) is 23.8. The fraction of sp³-hybridized carbons (Fsp3) is 0.0370. The minimum atomic E-state index is -0.303. The molecule has 9 heteroatoms. The molecule has 0 aliphatic heterocycles. The van der Waals surface area contributed by atoms with Crippen LogP contribution in [0.2, 0.25) is 0 Å². The third kappa shape index (κ3) is 5.17. The SMILES string of the molecule is O=C(CSc1nnc(-c2ccccc2)n1-c1ccc(Br)cc1)N/N=C\c1c(O)ccc2ccccc12. The molecule has 1 heterocycles. The van der Waals surface area contributed by atoms with Crippen molar-refractivity contribution in [2.24, 2.45) is 5.10 Å². The number of aromatic nitrogens is 3. The van der Waals surface area contributed by atoms with Gasteiger partial charge in [-0.05, 0) is 41.1 Å². The monoisotopic (exact) mass is 557 g/mol. The van der Waals surface area contributed by atoms with E-state index in [0.717, 1.165) is 26.5 Å². The van der Waals surface area contributed by atoms with Gasteiger partial charge in [-0.3, -0.25) is 9.36 Å². The van der Waals surface area contributed by atoms with E-state index in [1.165, 1.54) is 18.0 Å². The number of rotatable bonds is 7. The average Bonchev–Trinajstić information content (AvgIpc) is 3.33. The maximum Gasteiger partial charge on any atom is 0.250 e. The molecule has 178 valence electrons. The maximum absolute atomic E-state index is 12.6. The summed E-state index contributed by atoms with van der Waals surface area (Å²) in [5.74, 6) is 0.562. The van der Waals surface area contributed by atoms with Crippen molar-refractivity contribution < 1.29 is 9.90 Å². The number of nitrogens with one attached hydrogen (secondary N) is 1. The van der Waals surface area contributed by atoms with Gasteiger partial charge in [-0.25, -0.2) is 5.43 Å². The van der Waals surface area contributed by atoms with Crippen LogP contribution in [-0.4, -0.2) is 37.7 Å². The average molecular weight is 558 g/mol. The zero-order valence-corrected chi connectivity index (χ0v) is 21.3. The van der Waals surface area contributed by atoms with Gasteiger partial charge in [0, 0.05) is 21.3 Å². The third-order valence-corrected chi connectivity index (χ3v) is 6.87. The highest BCUT2D eigenvalue weighted by Gasteiger charge is 2.17. The Morgan fingerprint density at radius 2 is 1.72 bits per heavy atom. The van der Waals surface area contributed by atoms with Gasteiger partial charge >= 0.3 is 0 Å². The van der Waals surface area contributed by atoms with Crippen LogP contribution in [0.1, 0.15) is 5.56 Å². The lowest BCUT2D eigenvalue weighted by Crippen LogP contribution is -2.20. The van der Waals surface area contributed by atoms with E-state index >= 15 is 0 Å². The highest BCUT2D eigenvalue weighted by atomic mass is 79.9. The van der Waals surface area contributed by atoms with Crippen LogP contribution in [0, 0.1) is 0 Å². The molecule has 36 heavy (non-hydrogen) atoms. The zero-order valence-electron chi connectivity index (χ0n) is 18.9. The number of phenols is 1. The number of hydrazone groups is 1. The molecule has 4 aromatic carbocycles. The van der Waals surface area contributed by atoms with Gasteiger partial charge in [0.15, 0.2) is 11.0 Å². The number of aromatic hydroxyl groups is 1. The number of halogens is 1. The Bertz CT molecular complexity index is 1550. The molecule has 7 nitrogen and oxygen atoms in total. The van der Waals surface area contributed by atoms with E-state index in [1.807, 2.05) is 89.5 Å². The number of nitrogens with zero attached hydrogens (tertiary/aromatic N) is 4. The number of hydrogen-bond donors (Lipinski definition) is 2. The number of fused-ring (bicyclic) bond motifs is 1. The molecule has 0 saturated heterocycles. The van der Waals surface area contributed by atoms with Crippen molar-refractivity contribution in [2.45, 2.75) is 5.16 Å². The van der Waals surface area contributed by atoms with Crippen LogP contribution < -0.4 is 5.43 Å². The van der Waals surface area contributed by atoms with Crippen molar-refractivity contribution in [3.8, 4) is 22.8 Å². The topological polar surface area (TPSA) is 92.4 Å². The largest absolute Gasteiger partial charge is 0.507 e. The van der Waals surface area contributed by atoms with E-state index in [4.69, 9.17) is 0 Å². The molecule has 1 amide bonds. The van der Waals surface area contributed by atoms with Crippen molar-refractivity contribution >= 4 is 50.6 Å². The molecule has 0 spiro atoms. The van der Waals surface area contributed by atoms with Gasteiger partial charge < -0.3 is 5.11 Å². The van der Waals surface area contributed by atoms with Crippen LogP contribution in [0.3, 0.4) is 0 Å². The molecule has 0 radical (unpaired) electrons. The Labute approximate surface area is 220 Å². The number of carbonyl (C=O) groups excluding carboxylic acids is 1. The van der Waals surface area contributed by atoms with Gasteiger partial charge in [0.1, 0.15) is 5.75 Å². The second kappa shape index (κ2) is 10.8. The molecular weight excluding hydrogens is 538 g/mol. The van der Waals surface area contributed by atoms with Crippen LogP contribution in [0.25, 0.3) is 27.8 Å². The predicted octanol–water partition coefficient (Wildman–Crippen LogP) is 5.80. The first-order chi connectivity index (χ1) is 17.6. The van der Waals surface area contributed by atoms with Gasteiger partial charge in [0.05, 0.1) is 12.0 Å². The van der Waals surface area contributed by atoms with Crippen molar-refractivity contribution in [1.29, 1.82) is 0 Å². The standard InChI is InChI=1S/C27H20BrN5O2S/c28-20-11-13-21(14-12-20)33-26(19-7-2-1-3-8-19)31-32-27(33)36-17-25(35)30-29-16-23-22-9-5-4-6-18(22)10-15-24(23)34/h1-16,34H,17H2,(H,30,35)/b29-16-. The number of phenolic OH excluding ortho intramolecular Hbond substituents is 1. The van der Waals surface area contributed by atoms with E-state index in [-0.39, 0.29) is 17.4 Å². The molecule has 0 aliphatic carbocycles. The normalized spacial score (nSPS) is 11.2. The molecule has 0 unspecified atom stereocenters. The lowest BCUT2D eigenvalue weighted by atomic mass is 10.0. The van der Waals surface area contributed by atoms with Gasteiger partial charge in [-0.2, -0.15) is 5.10 Å². The van der Waals surface area contributed by atoms with Crippen molar-refractivity contribution in [3.63, 3.8) is 0 Å². The molecule has 5 aromatic rings. The molecule has 0 atom stereocenters. The number of amides is 1. The highest BCUT2D eigenvalue weighted by molar-refractivity contribution is 9.10. The summed E-state index contributed by atoms with van der Waals surface area (Å²) in [6, 6.07) is 28.7. The lowest BCUT2D eigenvalue weighted by molar-refractivity contribution is -0.118. The van der Waals surface area contributed by atoms with Crippen LogP contribution in [0.5, 0.6) is 5.75 Å². The molecule has 5 rings (SSSR count). The summed E-state index contributed by atoms with van der Waals surface area (Å²) in [4.78, 5) is 12.6. The molecule has 0 bridgehead atoms. The summed E-state index contributed by atoms with van der Waals surface area (Å²) in [5.41, 5.74) is 4.88. The van der Waals surface area contributed by atoms with Gasteiger partial charge in [-0.15, -0.1) is 10.2 Å². The highest BCUT2D eigenvalue weighted by Crippen LogP contribution is 2.29. The summed E-state index contributed by atoms with van der Waals surface area (Å²) in [6.45, 7) is 0. The van der Waals surface area contributed by atoms with Crippen molar-refractivity contribution in [3.05, 3.63) is 101 Å². The Balaban J connectivity index is 1.33. The molecule has 0 fully saturated rings. The summed E-state index contributed by atoms with van der Waals surface area (Å²) in [6.07, 6.45) is 1.46. The number of hydrogen-bond acceptors (Lipinski definition) is 6. The zero-order chi connectivity index (χ0) is 24.9. The van der Waals surface area contributed by atoms with E-state index in [2.05, 4.69) is 36.7 Å². The lowest BCUT2D eigenvalue weighted by Gasteiger charge is -2.10. The van der Waals surface area contributed by atoms with E-state index in [0.29, 0.717) is 16.5 Å². The summed E-state index contributed by atoms with van der Waals surface area (Å²) < 4.78 is 2.89. The van der Waals surface area contributed by atoms with Crippen LogP contribution in [-0.2, 0) is 4.79 Å². The fourth-order valence-corrected chi connectivity index (χ4v) is 4.72. The second-order valence-electron chi connectivity index (χ2n) is 7.79. The van der Waals surface area contributed by atoms with Gasteiger partial charge in [-0.1, -0.05) is 88.4 Å². The predicted molar refractivity (Wildman–Crippen MR) is 147 cm³/mol. The minimum Gasteiger partial charge on any atom is -0.507 e. The third-order valence-electron chi connectivity index (χ3n) is 5.41. The summed E-state index contributed by atoms with van der Waals surface area (Å²) >= 11 is 4.74.